The number of nitrogens with one attached hydrogen (secondary N) is 1. The molecule has 1 amide bonds. The van der Waals surface area contributed by atoms with Crippen molar-refractivity contribution in [2.24, 2.45) is 0 Å². The first-order valence-corrected chi connectivity index (χ1v) is 8.89. The number of hydrogen-bond donors (Lipinski definition) is 1. The molecule has 0 spiro atoms. The molecular formula is C19H18BrN3O3. The van der Waals surface area contributed by atoms with E-state index in [9.17, 15) is 9.59 Å². The lowest BCUT2D eigenvalue weighted by Crippen LogP contribution is -2.34. The number of benzene rings is 2. The number of carbonyl (C=O) groups is 1. The second-order valence-corrected chi connectivity index (χ2v) is 6.67. The van der Waals surface area contributed by atoms with Crippen LogP contribution in [0.25, 0.3) is 10.9 Å². The number of halogens is 1. The Morgan fingerprint density at radius 2 is 1.92 bits per heavy atom. The highest BCUT2D eigenvalue weighted by molar-refractivity contribution is 9.10. The van der Waals surface area contributed by atoms with Gasteiger partial charge in [0.2, 0.25) is 0 Å². The third kappa shape index (κ3) is 4.17. The van der Waals surface area contributed by atoms with Gasteiger partial charge in [-0.15, -0.1) is 0 Å². The lowest BCUT2D eigenvalue weighted by Gasteiger charge is -2.22. The van der Waals surface area contributed by atoms with Gasteiger partial charge in [0.05, 0.1) is 24.1 Å². The van der Waals surface area contributed by atoms with Crippen molar-refractivity contribution in [3.63, 3.8) is 0 Å². The summed E-state index contributed by atoms with van der Waals surface area (Å²) in [7, 11) is 1.58. The number of aromatic nitrogens is 2. The Hall–Kier alpha value is -2.51. The van der Waals surface area contributed by atoms with Crippen LogP contribution in [0, 0.1) is 0 Å². The first-order valence-electron chi connectivity index (χ1n) is 8.10. The van der Waals surface area contributed by atoms with Gasteiger partial charge in [0.25, 0.3) is 11.5 Å². The SMILES string of the molecule is COCCN(Cc1nc2ccccc2c(=O)[nH]1)C(=O)c1ccc(Br)cc1. The summed E-state index contributed by atoms with van der Waals surface area (Å²) in [6.45, 7) is 0.973. The summed E-state index contributed by atoms with van der Waals surface area (Å²) in [4.78, 5) is 33.9. The Morgan fingerprint density at radius 1 is 1.19 bits per heavy atom. The van der Waals surface area contributed by atoms with Crippen molar-refractivity contribution in [1.29, 1.82) is 0 Å². The van der Waals surface area contributed by atoms with E-state index in [0.29, 0.717) is 35.4 Å². The molecule has 0 saturated heterocycles. The Bertz CT molecular complexity index is 970. The third-order valence-electron chi connectivity index (χ3n) is 3.95. The standard InChI is InChI=1S/C19H18BrN3O3/c1-26-11-10-23(19(25)13-6-8-14(20)9-7-13)12-17-21-16-5-3-2-4-15(16)18(24)22-17/h2-9H,10-12H2,1H3,(H,21,22,24). The molecule has 6 nitrogen and oxygen atoms in total. The Balaban J connectivity index is 1.89. The lowest BCUT2D eigenvalue weighted by atomic mass is 10.2. The van der Waals surface area contributed by atoms with Crippen molar-refractivity contribution in [1.82, 2.24) is 14.9 Å². The van der Waals surface area contributed by atoms with E-state index in [1.165, 1.54) is 0 Å². The van der Waals surface area contributed by atoms with Gasteiger partial charge in [-0.2, -0.15) is 0 Å². The van der Waals surface area contributed by atoms with Crippen LogP contribution in [0.5, 0.6) is 0 Å². The number of ether oxygens (including phenoxy) is 1. The van der Waals surface area contributed by atoms with Gasteiger partial charge >= 0.3 is 0 Å². The van der Waals surface area contributed by atoms with Gasteiger partial charge in [-0.1, -0.05) is 28.1 Å². The van der Waals surface area contributed by atoms with E-state index in [0.717, 1.165) is 4.47 Å². The molecule has 134 valence electrons. The topological polar surface area (TPSA) is 75.3 Å². The Morgan fingerprint density at radius 3 is 2.65 bits per heavy atom. The fraction of sp³-hybridized carbons (Fsp3) is 0.211. The Labute approximate surface area is 158 Å². The lowest BCUT2D eigenvalue weighted by molar-refractivity contribution is 0.0675. The van der Waals surface area contributed by atoms with Gasteiger partial charge < -0.3 is 14.6 Å². The minimum Gasteiger partial charge on any atom is -0.383 e. The molecule has 0 bridgehead atoms. The fourth-order valence-electron chi connectivity index (χ4n) is 2.62. The second-order valence-electron chi connectivity index (χ2n) is 5.76. The third-order valence-corrected chi connectivity index (χ3v) is 4.47. The number of fused-ring (bicyclic) bond motifs is 1. The number of carbonyl (C=O) groups excluding carboxylic acids is 1. The van der Waals surface area contributed by atoms with E-state index >= 15 is 0 Å². The number of H-pyrrole nitrogens is 1. The zero-order valence-corrected chi connectivity index (χ0v) is 15.8. The van der Waals surface area contributed by atoms with E-state index in [1.807, 2.05) is 18.2 Å². The average Bonchev–Trinajstić information content (AvgIpc) is 2.65. The van der Waals surface area contributed by atoms with Crippen LogP contribution in [0.3, 0.4) is 0 Å². The summed E-state index contributed by atoms with van der Waals surface area (Å²) in [5, 5.41) is 0.527. The van der Waals surface area contributed by atoms with Crippen LogP contribution in [-0.4, -0.2) is 41.0 Å². The van der Waals surface area contributed by atoms with Crippen molar-refractivity contribution in [2.45, 2.75) is 6.54 Å². The maximum Gasteiger partial charge on any atom is 0.258 e. The zero-order chi connectivity index (χ0) is 18.5. The van der Waals surface area contributed by atoms with Gasteiger partial charge in [-0.05, 0) is 36.4 Å². The van der Waals surface area contributed by atoms with E-state index in [1.54, 1.807) is 42.3 Å². The molecule has 0 saturated carbocycles. The summed E-state index contributed by atoms with van der Waals surface area (Å²) in [5.74, 6) is 0.292. The summed E-state index contributed by atoms with van der Waals surface area (Å²) in [6, 6.07) is 14.3. The average molecular weight is 416 g/mol. The molecule has 0 aliphatic heterocycles. The first kappa shape index (κ1) is 18.3. The maximum atomic E-state index is 12.9. The van der Waals surface area contributed by atoms with Crippen molar-refractivity contribution in [3.05, 3.63) is 74.7 Å². The van der Waals surface area contributed by atoms with Crippen molar-refractivity contribution in [3.8, 4) is 0 Å². The van der Waals surface area contributed by atoms with Crippen LogP contribution in [0.2, 0.25) is 0 Å². The number of methoxy groups -OCH3 is 1. The number of amides is 1. The van der Waals surface area contributed by atoms with Gasteiger partial charge in [-0.3, -0.25) is 9.59 Å². The number of rotatable bonds is 6. The molecule has 1 heterocycles. The number of hydrogen-bond acceptors (Lipinski definition) is 4. The molecule has 1 N–H and O–H groups in total. The van der Waals surface area contributed by atoms with Crippen LogP contribution in [0.1, 0.15) is 16.2 Å². The highest BCUT2D eigenvalue weighted by Gasteiger charge is 2.17. The molecule has 0 atom stereocenters. The summed E-state index contributed by atoms with van der Waals surface area (Å²) in [5.41, 5.74) is 0.954. The molecule has 7 heteroatoms. The molecule has 26 heavy (non-hydrogen) atoms. The second kappa shape index (κ2) is 8.25. The van der Waals surface area contributed by atoms with Crippen LogP contribution in [0.4, 0.5) is 0 Å². The minimum atomic E-state index is -0.214. The van der Waals surface area contributed by atoms with Crippen LogP contribution < -0.4 is 5.56 Å². The van der Waals surface area contributed by atoms with Crippen molar-refractivity contribution >= 4 is 32.7 Å². The van der Waals surface area contributed by atoms with E-state index < -0.39 is 0 Å². The predicted molar refractivity (Wildman–Crippen MR) is 103 cm³/mol. The molecule has 3 aromatic rings. The first-order chi connectivity index (χ1) is 12.6. The van der Waals surface area contributed by atoms with E-state index in [4.69, 9.17) is 4.74 Å². The maximum absolute atomic E-state index is 12.9. The molecule has 1 aromatic heterocycles. The van der Waals surface area contributed by atoms with Crippen molar-refractivity contribution in [2.75, 3.05) is 20.3 Å². The Kier molecular flexibility index (Phi) is 5.80. The monoisotopic (exact) mass is 415 g/mol. The van der Waals surface area contributed by atoms with Crippen LogP contribution in [-0.2, 0) is 11.3 Å². The highest BCUT2D eigenvalue weighted by Crippen LogP contribution is 2.14. The molecular weight excluding hydrogens is 398 g/mol. The quantitative estimate of drug-likeness (QED) is 0.671. The number of para-hydroxylation sites is 1. The molecule has 0 aliphatic carbocycles. The van der Waals surface area contributed by atoms with Gasteiger partial charge in [0.1, 0.15) is 5.82 Å². The molecule has 3 rings (SSSR count). The van der Waals surface area contributed by atoms with Crippen LogP contribution in [0.15, 0.2) is 57.8 Å². The van der Waals surface area contributed by atoms with Crippen molar-refractivity contribution < 1.29 is 9.53 Å². The van der Waals surface area contributed by atoms with Crippen LogP contribution >= 0.6 is 15.9 Å². The largest absolute Gasteiger partial charge is 0.383 e. The smallest absolute Gasteiger partial charge is 0.258 e. The normalized spacial score (nSPS) is 10.8. The number of aromatic amines is 1. The van der Waals surface area contributed by atoms with E-state index in [-0.39, 0.29) is 18.0 Å². The van der Waals surface area contributed by atoms with Gasteiger partial charge in [0.15, 0.2) is 0 Å². The number of nitrogens with zero attached hydrogens (tertiary/aromatic N) is 2. The summed E-state index contributed by atoms with van der Waals surface area (Å²) < 4.78 is 6.02. The van der Waals surface area contributed by atoms with Gasteiger partial charge in [-0.25, -0.2) is 4.98 Å². The highest BCUT2D eigenvalue weighted by atomic mass is 79.9. The molecule has 0 radical (unpaired) electrons. The summed E-state index contributed by atoms with van der Waals surface area (Å²) in [6.07, 6.45) is 0. The molecule has 0 fully saturated rings. The molecule has 2 aromatic carbocycles. The van der Waals surface area contributed by atoms with Gasteiger partial charge in [0, 0.05) is 23.7 Å². The predicted octanol–water partition coefficient (Wildman–Crippen LogP) is 2.97. The van der Waals surface area contributed by atoms with E-state index in [2.05, 4.69) is 25.9 Å². The fourth-order valence-corrected chi connectivity index (χ4v) is 2.88. The minimum absolute atomic E-state index is 0.148. The molecule has 0 unspecified atom stereocenters. The summed E-state index contributed by atoms with van der Waals surface area (Å²) >= 11 is 3.36. The zero-order valence-electron chi connectivity index (χ0n) is 14.2. The molecule has 0 aliphatic rings.